The van der Waals surface area contributed by atoms with Crippen LogP contribution in [-0.4, -0.2) is 24.9 Å². The predicted octanol–water partition coefficient (Wildman–Crippen LogP) is 2.11. The highest BCUT2D eigenvalue weighted by Crippen LogP contribution is 2.22. The molecule has 5 nitrogen and oxygen atoms in total. The number of hydrogen-bond donors (Lipinski definition) is 0. The summed E-state index contributed by atoms with van der Waals surface area (Å²) in [6.07, 6.45) is 3.44. The molecular formula is C11H14N4OS. The van der Waals surface area contributed by atoms with Gasteiger partial charge >= 0.3 is 0 Å². The second kappa shape index (κ2) is 4.75. The Morgan fingerprint density at radius 1 is 1.53 bits per heavy atom. The number of rotatable bonds is 4. The van der Waals surface area contributed by atoms with Crippen LogP contribution in [0.1, 0.15) is 47.9 Å². The van der Waals surface area contributed by atoms with Crippen molar-refractivity contribution in [2.24, 2.45) is 0 Å². The van der Waals surface area contributed by atoms with E-state index in [0.717, 1.165) is 23.8 Å². The molecule has 0 amide bonds. The Morgan fingerprint density at radius 2 is 2.29 bits per heavy atom. The number of ketones is 1. The first kappa shape index (κ1) is 11.9. The van der Waals surface area contributed by atoms with Crippen molar-refractivity contribution >= 4 is 17.3 Å². The SMILES string of the molecule is CCn1ccnc1C(=O)c1snnc1C(C)C. The first-order chi connectivity index (χ1) is 8.15. The van der Waals surface area contributed by atoms with Gasteiger partial charge in [0.15, 0.2) is 5.82 Å². The molecule has 0 unspecified atom stereocenters. The minimum absolute atomic E-state index is 0.0875. The van der Waals surface area contributed by atoms with E-state index in [1.807, 2.05) is 25.3 Å². The van der Waals surface area contributed by atoms with E-state index in [1.54, 1.807) is 12.4 Å². The van der Waals surface area contributed by atoms with Crippen LogP contribution in [0.15, 0.2) is 12.4 Å². The molecule has 2 aromatic heterocycles. The van der Waals surface area contributed by atoms with Gasteiger partial charge in [-0.2, -0.15) is 0 Å². The maximum Gasteiger partial charge on any atom is 0.241 e. The second-order valence-corrected chi connectivity index (χ2v) is 4.76. The number of hydrogen-bond acceptors (Lipinski definition) is 5. The fourth-order valence-corrected chi connectivity index (χ4v) is 2.36. The summed E-state index contributed by atoms with van der Waals surface area (Å²) in [6.45, 7) is 6.71. The van der Waals surface area contributed by atoms with Crippen LogP contribution in [0.3, 0.4) is 0 Å². The van der Waals surface area contributed by atoms with Crippen LogP contribution in [0.25, 0.3) is 0 Å². The van der Waals surface area contributed by atoms with Crippen molar-refractivity contribution in [3.8, 4) is 0 Å². The summed E-state index contributed by atoms with van der Waals surface area (Å²) in [4.78, 5) is 17.0. The van der Waals surface area contributed by atoms with Gasteiger partial charge in [0.2, 0.25) is 5.78 Å². The van der Waals surface area contributed by atoms with Crippen molar-refractivity contribution in [1.29, 1.82) is 0 Å². The van der Waals surface area contributed by atoms with Crippen molar-refractivity contribution in [1.82, 2.24) is 19.1 Å². The third-order valence-corrected chi connectivity index (χ3v) is 3.27. The van der Waals surface area contributed by atoms with Gasteiger partial charge in [-0.15, -0.1) is 5.10 Å². The van der Waals surface area contributed by atoms with E-state index < -0.39 is 0 Å². The van der Waals surface area contributed by atoms with E-state index in [1.165, 1.54) is 0 Å². The van der Waals surface area contributed by atoms with Gasteiger partial charge in [-0.3, -0.25) is 4.79 Å². The minimum Gasteiger partial charge on any atom is -0.328 e. The van der Waals surface area contributed by atoms with Crippen LogP contribution in [-0.2, 0) is 6.54 Å². The average molecular weight is 250 g/mol. The van der Waals surface area contributed by atoms with Gasteiger partial charge in [0.05, 0.1) is 5.69 Å². The molecule has 0 aliphatic rings. The van der Waals surface area contributed by atoms with E-state index in [9.17, 15) is 4.79 Å². The molecule has 2 aromatic rings. The van der Waals surface area contributed by atoms with Crippen LogP contribution in [0.5, 0.6) is 0 Å². The second-order valence-electron chi connectivity index (χ2n) is 4.01. The maximum absolute atomic E-state index is 12.3. The first-order valence-corrected chi connectivity index (χ1v) is 6.30. The summed E-state index contributed by atoms with van der Waals surface area (Å²) in [5.41, 5.74) is 0.755. The summed E-state index contributed by atoms with van der Waals surface area (Å²) in [5, 5.41) is 4.01. The first-order valence-electron chi connectivity index (χ1n) is 5.53. The lowest BCUT2D eigenvalue weighted by atomic mass is 10.1. The Balaban J connectivity index is 2.41. The summed E-state index contributed by atoms with van der Waals surface area (Å²) < 4.78 is 5.69. The molecule has 0 radical (unpaired) electrons. The molecule has 0 fully saturated rings. The smallest absolute Gasteiger partial charge is 0.241 e. The fourth-order valence-electron chi connectivity index (χ4n) is 1.61. The van der Waals surface area contributed by atoms with Gasteiger partial charge in [-0.1, -0.05) is 18.3 Å². The standard InChI is InChI=1S/C11H14N4OS/c1-4-15-6-5-12-11(15)9(16)10-8(7(2)3)13-14-17-10/h5-7H,4H2,1-3H3. The third-order valence-electron chi connectivity index (χ3n) is 2.53. The zero-order chi connectivity index (χ0) is 12.4. The van der Waals surface area contributed by atoms with Crippen molar-refractivity contribution in [3.63, 3.8) is 0 Å². The molecule has 0 aromatic carbocycles. The van der Waals surface area contributed by atoms with Crippen molar-refractivity contribution in [3.05, 3.63) is 28.8 Å². The van der Waals surface area contributed by atoms with Gasteiger partial charge in [0.25, 0.3) is 0 Å². The molecule has 0 spiro atoms. The van der Waals surface area contributed by atoms with Crippen LogP contribution < -0.4 is 0 Å². The fraction of sp³-hybridized carbons (Fsp3) is 0.455. The average Bonchev–Trinajstić information content (AvgIpc) is 2.96. The molecule has 0 saturated carbocycles. The number of nitrogens with zero attached hydrogens (tertiary/aromatic N) is 4. The summed E-state index contributed by atoms with van der Waals surface area (Å²) in [7, 11) is 0. The van der Waals surface area contributed by atoms with Gasteiger partial charge in [-0.25, -0.2) is 4.98 Å². The molecule has 0 aliphatic carbocycles. The topological polar surface area (TPSA) is 60.7 Å². The number of carbonyl (C=O) groups is 1. The number of imidazole rings is 1. The summed E-state index contributed by atoms with van der Waals surface area (Å²) in [6, 6.07) is 0. The normalized spacial score (nSPS) is 11.1. The van der Waals surface area contributed by atoms with Crippen molar-refractivity contribution < 1.29 is 4.79 Å². The Morgan fingerprint density at radius 3 is 2.94 bits per heavy atom. The molecule has 0 N–H and O–H groups in total. The van der Waals surface area contributed by atoms with E-state index in [2.05, 4.69) is 14.6 Å². The monoisotopic (exact) mass is 250 g/mol. The number of carbonyl (C=O) groups excluding carboxylic acids is 1. The van der Waals surface area contributed by atoms with Crippen LogP contribution >= 0.6 is 11.5 Å². The molecule has 2 heterocycles. The highest BCUT2D eigenvalue weighted by atomic mass is 32.1. The van der Waals surface area contributed by atoms with E-state index >= 15 is 0 Å². The Kier molecular flexibility index (Phi) is 3.33. The van der Waals surface area contributed by atoms with E-state index in [0.29, 0.717) is 10.7 Å². The number of aromatic nitrogens is 4. The lowest BCUT2D eigenvalue weighted by Crippen LogP contribution is -2.11. The van der Waals surface area contributed by atoms with Gasteiger partial charge < -0.3 is 4.57 Å². The minimum atomic E-state index is -0.0875. The predicted molar refractivity (Wildman–Crippen MR) is 65.3 cm³/mol. The van der Waals surface area contributed by atoms with Gasteiger partial charge in [0.1, 0.15) is 4.88 Å². The molecule has 0 saturated heterocycles. The largest absolute Gasteiger partial charge is 0.328 e. The molecular weight excluding hydrogens is 236 g/mol. The van der Waals surface area contributed by atoms with Crippen LogP contribution in [0.4, 0.5) is 0 Å². The maximum atomic E-state index is 12.3. The Labute approximate surface area is 104 Å². The van der Waals surface area contributed by atoms with Crippen LogP contribution in [0.2, 0.25) is 0 Å². The van der Waals surface area contributed by atoms with E-state index in [4.69, 9.17) is 0 Å². The molecule has 17 heavy (non-hydrogen) atoms. The lowest BCUT2D eigenvalue weighted by molar-refractivity contribution is 0.102. The summed E-state index contributed by atoms with van der Waals surface area (Å²) >= 11 is 1.14. The van der Waals surface area contributed by atoms with E-state index in [-0.39, 0.29) is 11.7 Å². The van der Waals surface area contributed by atoms with Crippen molar-refractivity contribution in [2.45, 2.75) is 33.2 Å². The number of aryl methyl sites for hydroxylation is 1. The molecule has 90 valence electrons. The van der Waals surface area contributed by atoms with Crippen molar-refractivity contribution in [2.75, 3.05) is 0 Å². The van der Waals surface area contributed by atoms with Crippen LogP contribution in [0, 0.1) is 0 Å². The van der Waals surface area contributed by atoms with Gasteiger partial charge in [0, 0.05) is 18.9 Å². The molecule has 0 atom stereocenters. The molecule has 6 heteroatoms. The lowest BCUT2D eigenvalue weighted by Gasteiger charge is -2.04. The highest BCUT2D eigenvalue weighted by molar-refractivity contribution is 7.08. The Bertz CT molecular complexity index is 529. The quantitative estimate of drug-likeness (QED) is 0.780. The molecule has 2 rings (SSSR count). The van der Waals surface area contributed by atoms with Gasteiger partial charge in [-0.05, 0) is 24.4 Å². The Hall–Kier alpha value is -1.56. The summed E-state index contributed by atoms with van der Waals surface area (Å²) in [5.74, 6) is 0.564. The molecule has 0 aliphatic heterocycles. The third kappa shape index (κ3) is 2.12. The zero-order valence-corrected chi connectivity index (χ0v) is 10.9. The highest BCUT2D eigenvalue weighted by Gasteiger charge is 2.23. The zero-order valence-electron chi connectivity index (χ0n) is 10.0. The molecule has 0 bridgehead atoms.